The third-order valence-corrected chi connectivity index (χ3v) is 9.62. The number of nitrogens with two attached hydrogens (primary N) is 1. The number of Topliss-reactive ketones (excluding diaryl/α,β-unsaturated/α-hetero) is 1. The monoisotopic (exact) mass is 513 g/mol. The summed E-state index contributed by atoms with van der Waals surface area (Å²) in [7, 11) is 3.17. The molecule has 1 fully saturated rings. The number of piperidine rings is 1. The molecular formula is C28H27N5O3S. The van der Waals surface area contributed by atoms with Crippen molar-refractivity contribution in [2.24, 2.45) is 10.7 Å². The summed E-state index contributed by atoms with van der Waals surface area (Å²) in [6, 6.07) is 8.01. The zero-order chi connectivity index (χ0) is 25.4. The number of hydrogen-bond donors (Lipinski definition) is 1. The molecule has 2 aromatic rings. The molecule has 1 atom stereocenters. The Morgan fingerprint density at radius 1 is 1.14 bits per heavy atom. The number of anilines is 2. The van der Waals surface area contributed by atoms with E-state index in [4.69, 9.17) is 20.2 Å². The van der Waals surface area contributed by atoms with E-state index in [9.17, 15) is 10.1 Å². The van der Waals surface area contributed by atoms with Gasteiger partial charge in [-0.2, -0.15) is 5.26 Å². The van der Waals surface area contributed by atoms with Crippen LogP contribution in [0.2, 0.25) is 0 Å². The topological polar surface area (TPSA) is 104 Å². The Morgan fingerprint density at radius 3 is 2.65 bits per heavy atom. The molecule has 2 N–H and O–H groups in total. The van der Waals surface area contributed by atoms with Crippen LogP contribution >= 0.6 is 11.3 Å². The van der Waals surface area contributed by atoms with E-state index in [0.717, 1.165) is 60.6 Å². The molecule has 8 rings (SSSR count). The molecule has 1 aliphatic carbocycles. The van der Waals surface area contributed by atoms with Gasteiger partial charge in [0.2, 0.25) is 0 Å². The number of nitriles is 1. The van der Waals surface area contributed by atoms with E-state index in [2.05, 4.69) is 15.9 Å². The Hall–Kier alpha value is -3.77. The van der Waals surface area contributed by atoms with Gasteiger partial charge in [0.25, 0.3) is 0 Å². The molecule has 6 heterocycles. The second-order valence-electron chi connectivity index (χ2n) is 10.1. The Morgan fingerprint density at radius 2 is 1.92 bits per heavy atom. The number of allylic oxidation sites excluding steroid dienone is 3. The Kier molecular flexibility index (Phi) is 4.92. The first kappa shape index (κ1) is 22.4. The van der Waals surface area contributed by atoms with Crippen LogP contribution in [-0.4, -0.2) is 38.9 Å². The standard InChI is InChI=1S/C28H27N5O3S/c1-35-19-7-6-15(12-20(19)36-2)21-16(13-29)26-31-25(30)24-22-14-8-10-32(11-9-14)27(22)37-28(24)33(26)17-4-3-5-18(34)23(17)21/h6-7,12,14,21H,3-5,8-11H2,1-2H3,(H2,30,31)/t21-/m1/s1. The lowest BCUT2D eigenvalue weighted by Crippen LogP contribution is -2.40. The third kappa shape index (κ3) is 2.99. The van der Waals surface area contributed by atoms with E-state index < -0.39 is 5.92 Å². The number of benzene rings is 1. The molecule has 8 nitrogen and oxygen atoms in total. The molecule has 37 heavy (non-hydrogen) atoms. The summed E-state index contributed by atoms with van der Waals surface area (Å²) >= 11 is 1.73. The molecule has 0 saturated carbocycles. The van der Waals surface area contributed by atoms with Gasteiger partial charge in [-0.1, -0.05) is 17.4 Å². The van der Waals surface area contributed by atoms with E-state index in [1.807, 2.05) is 18.2 Å². The van der Waals surface area contributed by atoms with Gasteiger partial charge >= 0.3 is 0 Å². The number of hydrogen-bond acceptors (Lipinski definition) is 9. The molecule has 0 spiro atoms. The molecule has 188 valence electrons. The Bertz CT molecular complexity index is 1500. The van der Waals surface area contributed by atoms with Crippen LogP contribution in [0.4, 0.5) is 10.0 Å². The number of fused-ring (bicyclic) bond motifs is 6. The van der Waals surface area contributed by atoms with Crippen LogP contribution in [0.25, 0.3) is 0 Å². The number of ether oxygens (including phenoxy) is 2. The molecule has 6 aliphatic rings. The molecule has 0 radical (unpaired) electrons. The molecule has 1 aromatic heterocycles. The quantitative estimate of drug-likeness (QED) is 0.643. The van der Waals surface area contributed by atoms with E-state index in [0.29, 0.717) is 46.6 Å². The summed E-state index contributed by atoms with van der Waals surface area (Å²) in [4.78, 5) is 23.0. The summed E-state index contributed by atoms with van der Waals surface area (Å²) in [5.74, 6) is 2.20. The van der Waals surface area contributed by atoms with E-state index >= 15 is 0 Å². The highest BCUT2D eigenvalue weighted by molar-refractivity contribution is 7.21. The highest BCUT2D eigenvalue weighted by Crippen LogP contribution is 2.58. The van der Waals surface area contributed by atoms with E-state index in [1.165, 1.54) is 10.6 Å². The fourth-order valence-electron chi connectivity index (χ4n) is 6.72. The van der Waals surface area contributed by atoms with Gasteiger partial charge in [-0.15, -0.1) is 0 Å². The normalized spacial score (nSPS) is 22.2. The van der Waals surface area contributed by atoms with Crippen molar-refractivity contribution in [2.45, 2.75) is 43.9 Å². The number of carbonyl (C=O) groups excluding carboxylic acids is 1. The summed E-state index contributed by atoms with van der Waals surface area (Å²) < 4.78 is 11.0. The summed E-state index contributed by atoms with van der Waals surface area (Å²) in [6.45, 7) is 2.13. The zero-order valence-electron chi connectivity index (χ0n) is 20.8. The minimum Gasteiger partial charge on any atom is -0.493 e. The van der Waals surface area contributed by atoms with Gasteiger partial charge in [0, 0.05) is 36.3 Å². The van der Waals surface area contributed by atoms with Crippen molar-refractivity contribution in [3.8, 4) is 17.6 Å². The second kappa shape index (κ2) is 8.12. The smallest absolute Gasteiger partial charge is 0.161 e. The maximum atomic E-state index is 13.6. The second-order valence-corrected chi connectivity index (χ2v) is 11.1. The Labute approximate surface area is 219 Å². The van der Waals surface area contributed by atoms with E-state index in [-0.39, 0.29) is 5.78 Å². The lowest BCUT2D eigenvalue weighted by atomic mass is 9.75. The average molecular weight is 514 g/mol. The predicted octanol–water partition coefficient (Wildman–Crippen LogP) is 4.53. The largest absolute Gasteiger partial charge is 0.493 e. The maximum Gasteiger partial charge on any atom is 0.161 e. The highest BCUT2D eigenvalue weighted by atomic mass is 32.1. The van der Waals surface area contributed by atoms with Crippen LogP contribution in [0.3, 0.4) is 0 Å². The van der Waals surface area contributed by atoms with Crippen LogP contribution in [0.1, 0.15) is 60.6 Å². The first-order chi connectivity index (χ1) is 18.0. The van der Waals surface area contributed by atoms with Crippen LogP contribution in [0.5, 0.6) is 11.5 Å². The molecule has 5 aliphatic heterocycles. The number of ketones is 1. The lowest BCUT2D eigenvalue weighted by Gasteiger charge is -2.41. The van der Waals surface area contributed by atoms with Crippen LogP contribution in [-0.2, 0) is 4.79 Å². The SMILES string of the molecule is COc1ccc([C@@H]2C(C#N)=C3N=C(N)c4c(sc5c4C4CCN5CC4)N3C3=C2C(=O)CCC3)cc1OC. The zero-order valence-corrected chi connectivity index (χ0v) is 21.7. The number of amidine groups is 1. The molecule has 0 unspecified atom stereocenters. The first-order valence-electron chi connectivity index (χ1n) is 12.7. The number of aliphatic imine (C=N–C) groups is 1. The maximum absolute atomic E-state index is 13.6. The Balaban J connectivity index is 1.48. The highest BCUT2D eigenvalue weighted by Gasteiger charge is 2.46. The number of carbonyl (C=O) groups is 1. The molecule has 0 amide bonds. The lowest BCUT2D eigenvalue weighted by molar-refractivity contribution is -0.116. The fourth-order valence-corrected chi connectivity index (χ4v) is 8.20. The number of rotatable bonds is 3. The van der Waals surface area contributed by atoms with Crippen LogP contribution < -0.4 is 25.0 Å². The van der Waals surface area contributed by atoms with Gasteiger partial charge in [0.05, 0.1) is 42.3 Å². The van der Waals surface area contributed by atoms with Gasteiger partial charge in [-0.05, 0) is 49.3 Å². The summed E-state index contributed by atoms with van der Waals surface area (Å²) in [5.41, 5.74) is 11.9. The number of nitrogens with zero attached hydrogens (tertiary/aromatic N) is 4. The van der Waals surface area contributed by atoms with Gasteiger partial charge in [0.1, 0.15) is 10.8 Å². The summed E-state index contributed by atoms with van der Waals surface area (Å²) in [6.07, 6.45) is 4.25. The third-order valence-electron chi connectivity index (χ3n) is 8.37. The minimum absolute atomic E-state index is 0.0852. The summed E-state index contributed by atoms with van der Waals surface area (Å²) in [5, 5.41) is 12.8. The van der Waals surface area contributed by atoms with Gasteiger partial charge < -0.3 is 20.1 Å². The average Bonchev–Trinajstić information content (AvgIpc) is 3.36. The van der Waals surface area contributed by atoms with Crippen molar-refractivity contribution in [3.05, 3.63) is 57.6 Å². The molecule has 9 heteroatoms. The number of methoxy groups -OCH3 is 2. The van der Waals surface area contributed by atoms with Crippen molar-refractivity contribution in [2.75, 3.05) is 37.1 Å². The van der Waals surface area contributed by atoms with Crippen LogP contribution in [0, 0.1) is 11.3 Å². The minimum atomic E-state index is -0.536. The van der Waals surface area contributed by atoms with Gasteiger partial charge in [0.15, 0.2) is 23.1 Å². The van der Waals surface area contributed by atoms with Gasteiger partial charge in [-0.3, -0.25) is 9.69 Å². The van der Waals surface area contributed by atoms with Gasteiger partial charge in [-0.25, -0.2) is 4.99 Å². The van der Waals surface area contributed by atoms with Crippen molar-refractivity contribution in [1.82, 2.24) is 0 Å². The van der Waals surface area contributed by atoms with Crippen molar-refractivity contribution >= 4 is 33.0 Å². The molecular weight excluding hydrogens is 486 g/mol. The van der Waals surface area contributed by atoms with E-state index in [1.54, 1.807) is 25.6 Å². The van der Waals surface area contributed by atoms with Crippen molar-refractivity contribution in [3.63, 3.8) is 0 Å². The molecule has 1 aromatic carbocycles. The van der Waals surface area contributed by atoms with Crippen LogP contribution in [0.15, 0.2) is 45.9 Å². The first-order valence-corrected chi connectivity index (χ1v) is 13.6. The van der Waals surface area contributed by atoms with Crippen molar-refractivity contribution in [1.29, 1.82) is 5.26 Å². The molecule has 2 bridgehead atoms. The predicted molar refractivity (Wildman–Crippen MR) is 143 cm³/mol. The van der Waals surface area contributed by atoms with Crippen molar-refractivity contribution < 1.29 is 14.3 Å². The number of thiophene rings is 1. The molecule has 1 saturated heterocycles. The fraction of sp³-hybridized carbons (Fsp3) is 0.393.